The Balaban J connectivity index is 1.23. The molecule has 1 aliphatic rings. The Morgan fingerprint density at radius 1 is 0.375 bits per heavy atom. The topological polar surface area (TPSA) is 22.4 Å². The second-order valence-electron chi connectivity index (χ2n) is 10.5. The molecule has 186 valence electrons. The van der Waals surface area contributed by atoms with E-state index >= 15 is 0 Å². The van der Waals surface area contributed by atoms with Gasteiger partial charge >= 0.3 is 0 Å². The first-order valence-electron chi connectivity index (χ1n) is 13.6. The summed E-state index contributed by atoms with van der Waals surface area (Å²) < 4.78 is 12.4. The molecule has 0 atom stereocenters. The summed E-state index contributed by atoms with van der Waals surface area (Å²) in [5.74, 6) is 1.82. The Kier molecular flexibility index (Phi) is 4.36. The van der Waals surface area contributed by atoms with Crippen molar-refractivity contribution in [2.24, 2.45) is 0 Å². The van der Waals surface area contributed by atoms with E-state index in [0.29, 0.717) is 0 Å². The van der Waals surface area contributed by atoms with Crippen LogP contribution in [0.2, 0.25) is 0 Å². The van der Waals surface area contributed by atoms with Crippen molar-refractivity contribution in [2.75, 3.05) is 0 Å². The summed E-state index contributed by atoms with van der Waals surface area (Å²) in [5.41, 5.74) is 8.98. The molecular formula is C38H22O2. The van der Waals surface area contributed by atoms with E-state index in [1.54, 1.807) is 0 Å². The van der Waals surface area contributed by atoms with Gasteiger partial charge in [0.25, 0.3) is 0 Å². The van der Waals surface area contributed by atoms with Gasteiger partial charge in [0, 0.05) is 21.7 Å². The molecule has 0 radical (unpaired) electrons. The van der Waals surface area contributed by atoms with Crippen molar-refractivity contribution < 1.29 is 9.15 Å². The number of ether oxygens (including phenoxy) is 1. The predicted octanol–water partition coefficient (Wildman–Crippen LogP) is 11.0. The van der Waals surface area contributed by atoms with E-state index in [0.717, 1.165) is 39.0 Å². The van der Waals surface area contributed by atoms with Crippen LogP contribution in [0.5, 0.6) is 11.5 Å². The molecule has 0 fully saturated rings. The zero-order valence-electron chi connectivity index (χ0n) is 21.5. The number of rotatable bonds is 2. The number of benzene rings is 7. The molecule has 0 aliphatic carbocycles. The van der Waals surface area contributed by atoms with Crippen molar-refractivity contribution in [2.45, 2.75) is 0 Å². The maximum atomic E-state index is 6.36. The molecule has 8 aromatic rings. The summed E-state index contributed by atoms with van der Waals surface area (Å²) in [6.45, 7) is 0. The molecular weight excluding hydrogens is 488 g/mol. The summed E-state index contributed by atoms with van der Waals surface area (Å²) in [4.78, 5) is 0. The molecule has 2 nitrogen and oxygen atoms in total. The molecule has 2 heteroatoms. The van der Waals surface area contributed by atoms with Gasteiger partial charge in [-0.1, -0.05) is 97.1 Å². The second kappa shape index (κ2) is 8.08. The van der Waals surface area contributed by atoms with Crippen LogP contribution in [0.1, 0.15) is 0 Å². The van der Waals surface area contributed by atoms with Crippen LogP contribution in [0, 0.1) is 0 Å². The largest absolute Gasteiger partial charge is 0.456 e. The van der Waals surface area contributed by atoms with E-state index in [-0.39, 0.29) is 0 Å². The maximum absolute atomic E-state index is 6.36. The number of hydrogen-bond acceptors (Lipinski definition) is 2. The van der Waals surface area contributed by atoms with Crippen LogP contribution < -0.4 is 4.74 Å². The first kappa shape index (κ1) is 21.6. The van der Waals surface area contributed by atoms with E-state index in [2.05, 4.69) is 121 Å². The predicted molar refractivity (Wildman–Crippen MR) is 165 cm³/mol. The summed E-state index contributed by atoms with van der Waals surface area (Å²) in [6.07, 6.45) is 0. The third-order valence-electron chi connectivity index (χ3n) is 8.28. The van der Waals surface area contributed by atoms with Crippen LogP contribution in [0.4, 0.5) is 0 Å². The highest BCUT2D eigenvalue weighted by Crippen LogP contribution is 2.48. The summed E-state index contributed by atoms with van der Waals surface area (Å²) in [5, 5.41) is 7.12. The van der Waals surface area contributed by atoms with Crippen molar-refractivity contribution in [1.29, 1.82) is 0 Å². The van der Waals surface area contributed by atoms with E-state index in [4.69, 9.17) is 9.15 Å². The number of para-hydroxylation sites is 1. The van der Waals surface area contributed by atoms with Gasteiger partial charge in [0.05, 0.1) is 0 Å². The quantitative estimate of drug-likeness (QED) is 0.231. The third kappa shape index (κ3) is 3.05. The average molecular weight is 511 g/mol. The van der Waals surface area contributed by atoms with Crippen molar-refractivity contribution in [3.05, 3.63) is 133 Å². The fourth-order valence-electron chi connectivity index (χ4n) is 6.43. The van der Waals surface area contributed by atoms with Crippen molar-refractivity contribution in [1.82, 2.24) is 0 Å². The van der Waals surface area contributed by atoms with Crippen LogP contribution >= 0.6 is 0 Å². The molecule has 9 rings (SSSR count). The minimum atomic E-state index is 0.900. The molecule has 0 spiro atoms. The first-order chi connectivity index (χ1) is 19.8. The molecule has 0 saturated carbocycles. The van der Waals surface area contributed by atoms with Crippen LogP contribution in [0.25, 0.3) is 76.9 Å². The van der Waals surface area contributed by atoms with Crippen molar-refractivity contribution in [3.63, 3.8) is 0 Å². The molecule has 7 aromatic carbocycles. The summed E-state index contributed by atoms with van der Waals surface area (Å²) in [6, 6.07) is 47.3. The lowest BCUT2D eigenvalue weighted by Crippen LogP contribution is -1.97. The van der Waals surface area contributed by atoms with Gasteiger partial charge in [0.2, 0.25) is 0 Å². The van der Waals surface area contributed by atoms with Crippen molar-refractivity contribution in [3.8, 4) is 44.9 Å². The maximum Gasteiger partial charge on any atom is 0.135 e. The minimum absolute atomic E-state index is 0.900. The summed E-state index contributed by atoms with van der Waals surface area (Å²) in [7, 11) is 0. The van der Waals surface area contributed by atoms with Crippen molar-refractivity contribution >= 4 is 43.5 Å². The molecule has 1 aromatic heterocycles. The van der Waals surface area contributed by atoms with E-state index < -0.39 is 0 Å². The SMILES string of the molecule is c1cc2c3c(cccc3c1)-c1cc(-c3ccc(-c4ccc5oc6ccccc6c5c4)c4ccccc34)ccc1O2. The highest BCUT2D eigenvalue weighted by molar-refractivity contribution is 6.10. The van der Waals surface area contributed by atoms with Gasteiger partial charge in [-0.25, -0.2) is 0 Å². The van der Waals surface area contributed by atoms with E-state index in [1.165, 1.54) is 49.4 Å². The average Bonchev–Trinajstić information content (AvgIpc) is 3.39. The molecule has 2 heterocycles. The van der Waals surface area contributed by atoms with Crippen LogP contribution in [0.3, 0.4) is 0 Å². The van der Waals surface area contributed by atoms with Gasteiger partial charge in [-0.15, -0.1) is 0 Å². The Hall–Kier alpha value is -5.34. The smallest absolute Gasteiger partial charge is 0.135 e. The van der Waals surface area contributed by atoms with Crippen LogP contribution in [-0.4, -0.2) is 0 Å². The van der Waals surface area contributed by atoms with E-state index in [9.17, 15) is 0 Å². The van der Waals surface area contributed by atoms with Gasteiger partial charge in [-0.2, -0.15) is 0 Å². The Morgan fingerprint density at radius 2 is 1.05 bits per heavy atom. The molecule has 40 heavy (non-hydrogen) atoms. The number of fused-ring (bicyclic) bond motifs is 6. The number of furan rings is 1. The summed E-state index contributed by atoms with van der Waals surface area (Å²) >= 11 is 0. The molecule has 0 N–H and O–H groups in total. The van der Waals surface area contributed by atoms with Gasteiger partial charge < -0.3 is 9.15 Å². The van der Waals surface area contributed by atoms with Gasteiger partial charge in [0.1, 0.15) is 22.7 Å². The zero-order chi connectivity index (χ0) is 26.2. The number of hydrogen-bond donors (Lipinski definition) is 0. The standard InChI is InChI=1S/C38H22O2/c1-2-10-29-27(25-16-20-36-33(22-25)31-12-5-7-23-8-6-14-37(40-36)38(23)31)18-17-26(28(29)9-1)24-15-19-35-32(21-24)30-11-3-4-13-34(30)39-35/h1-22H. The molecule has 0 amide bonds. The van der Waals surface area contributed by atoms with E-state index in [1.807, 2.05) is 12.1 Å². The molecule has 0 saturated heterocycles. The second-order valence-corrected chi connectivity index (χ2v) is 10.5. The monoisotopic (exact) mass is 510 g/mol. The highest BCUT2D eigenvalue weighted by Gasteiger charge is 2.21. The zero-order valence-corrected chi connectivity index (χ0v) is 21.5. The molecule has 1 aliphatic heterocycles. The molecule has 0 bridgehead atoms. The normalized spacial score (nSPS) is 12.2. The fourth-order valence-corrected chi connectivity index (χ4v) is 6.43. The lowest BCUT2D eigenvalue weighted by atomic mass is 9.89. The van der Waals surface area contributed by atoms with Crippen LogP contribution in [0.15, 0.2) is 138 Å². The highest BCUT2D eigenvalue weighted by atomic mass is 16.5. The van der Waals surface area contributed by atoms with Gasteiger partial charge in [-0.3, -0.25) is 0 Å². The van der Waals surface area contributed by atoms with Crippen LogP contribution in [-0.2, 0) is 0 Å². The Morgan fingerprint density at radius 3 is 1.88 bits per heavy atom. The third-order valence-corrected chi connectivity index (χ3v) is 8.28. The van der Waals surface area contributed by atoms with Gasteiger partial charge in [-0.05, 0) is 80.4 Å². The first-order valence-corrected chi connectivity index (χ1v) is 13.6. The minimum Gasteiger partial charge on any atom is -0.456 e. The lowest BCUT2D eigenvalue weighted by Gasteiger charge is -2.22. The van der Waals surface area contributed by atoms with Gasteiger partial charge in [0.15, 0.2) is 0 Å². The Bertz CT molecular complexity index is 2300. The Labute approximate surface area is 230 Å². The molecule has 0 unspecified atom stereocenters. The fraction of sp³-hybridized carbons (Fsp3) is 0. The lowest BCUT2D eigenvalue weighted by molar-refractivity contribution is 0.487.